The zero-order chi connectivity index (χ0) is 14.2. The van der Waals surface area contributed by atoms with Crippen molar-refractivity contribution in [3.05, 3.63) is 34.9 Å². The van der Waals surface area contributed by atoms with Crippen LogP contribution in [0.15, 0.2) is 18.2 Å². The molecule has 1 heterocycles. The quantitative estimate of drug-likeness (QED) is 0.850. The zero-order valence-electron chi connectivity index (χ0n) is 12.9. The molecule has 1 aromatic carbocycles. The molecule has 0 spiro atoms. The Morgan fingerprint density at radius 2 is 1.84 bits per heavy atom. The topological polar surface area (TPSA) is 24.9 Å². The van der Waals surface area contributed by atoms with Crippen LogP contribution in [-0.4, -0.2) is 11.5 Å². The molecule has 2 aromatic rings. The summed E-state index contributed by atoms with van der Waals surface area (Å²) in [6, 6.07) is 6.64. The predicted octanol–water partition coefficient (Wildman–Crippen LogP) is 4.58. The summed E-state index contributed by atoms with van der Waals surface area (Å²) in [7, 11) is 0. The summed E-state index contributed by atoms with van der Waals surface area (Å²) in [5.41, 5.74) is 5.06. The van der Waals surface area contributed by atoms with Crippen LogP contribution < -0.4 is 5.32 Å². The first-order valence-electron chi connectivity index (χ1n) is 7.00. The summed E-state index contributed by atoms with van der Waals surface area (Å²) in [6.45, 7) is 14.0. The number of anilines is 1. The van der Waals surface area contributed by atoms with Gasteiger partial charge in [0.05, 0.1) is 5.52 Å². The van der Waals surface area contributed by atoms with Gasteiger partial charge in [0.1, 0.15) is 5.82 Å². The Hall–Kier alpha value is -1.57. The number of hydrogen-bond donors (Lipinski definition) is 1. The minimum absolute atomic E-state index is 0.0947. The Bertz CT molecular complexity index is 607. The van der Waals surface area contributed by atoms with Crippen molar-refractivity contribution in [3.8, 4) is 0 Å². The number of aryl methyl sites for hydroxylation is 2. The maximum Gasteiger partial charge on any atom is 0.130 e. The van der Waals surface area contributed by atoms with E-state index in [2.05, 4.69) is 65.1 Å². The highest BCUT2D eigenvalue weighted by atomic mass is 15.0. The molecular weight excluding hydrogens is 232 g/mol. The van der Waals surface area contributed by atoms with Crippen molar-refractivity contribution < 1.29 is 0 Å². The SMILES string of the molecule is CCNc1nc2c(C)c(C)ccc2cc1C(C)(C)C. The number of nitrogens with zero attached hydrogens (tertiary/aromatic N) is 1. The van der Waals surface area contributed by atoms with Gasteiger partial charge in [-0.1, -0.05) is 32.9 Å². The predicted molar refractivity (Wildman–Crippen MR) is 84.1 cm³/mol. The number of rotatable bonds is 2. The van der Waals surface area contributed by atoms with Crippen LogP contribution in [0.1, 0.15) is 44.4 Å². The van der Waals surface area contributed by atoms with E-state index in [0.29, 0.717) is 0 Å². The normalized spacial score (nSPS) is 11.9. The van der Waals surface area contributed by atoms with Gasteiger partial charge in [0.2, 0.25) is 0 Å². The number of benzene rings is 1. The molecule has 2 rings (SSSR count). The lowest BCUT2D eigenvalue weighted by atomic mass is 9.86. The second-order valence-corrected chi connectivity index (χ2v) is 6.24. The van der Waals surface area contributed by atoms with Gasteiger partial charge >= 0.3 is 0 Å². The molecule has 0 atom stereocenters. The molecule has 2 nitrogen and oxygen atoms in total. The first-order valence-corrected chi connectivity index (χ1v) is 7.00. The summed E-state index contributed by atoms with van der Waals surface area (Å²) in [5.74, 6) is 1.02. The van der Waals surface area contributed by atoms with E-state index in [1.54, 1.807) is 0 Å². The summed E-state index contributed by atoms with van der Waals surface area (Å²) < 4.78 is 0. The Morgan fingerprint density at radius 3 is 2.42 bits per heavy atom. The Kier molecular flexibility index (Phi) is 3.53. The van der Waals surface area contributed by atoms with E-state index >= 15 is 0 Å². The molecule has 1 N–H and O–H groups in total. The highest BCUT2D eigenvalue weighted by Crippen LogP contribution is 2.32. The molecule has 0 fully saturated rings. The van der Waals surface area contributed by atoms with Gasteiger partial charge in [0.25, 0.3) is 0 Å². The summed E-state index contributed by atoms with van der Waals surface area (Å²) in [6.07, 6.45) is 0. The fraction of sp³-hybridized carbons (Fsp3) is 0.471. The van der Waals surface area contributed by atoms with Gasteiger partial charge in [-0.05, 0) is 43.4 Å². The molecule has 1 aromatic heterocycles. The molecule has 2 heteroatoms. The zero-order valence-corrected chi connectivity index (χ0v) is 12.9. The molecule has 0 saturated heterocycles. The molecule has 0 aliphatic carbocycles. The fourth-order valence-corrected chi connectivity index (χ4v) is 2.36. The third-order valence-corrected chi connectivity index (χ3v) is 3.66. The number of fused-ring (bicyclic) bond motifs is 1. The van der Waals surface area contributed by atoms with E-state index in [0.717, 1.165) is 17.9 Å². The average Bonchev–Trinajstić information content (AvgIpc) is 2.33. The lowest BCUT2D eigenvalue weighted by molar-refractivity contribution is 0.590. The molecule has 0 aliphatic rings. The van der Waals surface area contributed by atoms with Crippen molar-refractivity contribution in [1.29, 1.82) is 0 Å². The lowest BCUT2D eigenvalue weighted by Crippen LogP contribution is -2.16. The number of nitrogens with one attached hydrogen (secondary N) is 1. The summed E-state index contributed by atoms with van der Waals surface area (Å²) in [4.78, 5) is 4.88. The van der Waals surface area contributed by atoms with Crippen molar-refractivity contribution in [3.63, 3.8) is 0 Å². The van der Waals surface area contributed by atoms with Crippen molar-refractivity contribution >= 4 is 16.7 Å². The highest BCUT2D eigenvalue weighted by Gasteiger charge is 2.20. The van der Waals surface area contributed by atoms with Crippen LogP contribution in [0.3, 0.4) is 0 Å². The van der Waals surface area contributed by atoms with Crippen molar-refractivity contribution in [2.24, 2.45) is 0 Å². The number of aromatic nitrogens is 1. The highest BCUT2D eigenvalue weighted by molar-refractivity contribution is 5.85. The van der Waals surface area contributed by atoms with Crippen LogP contribution in [0.5, 0.6) is 0 Å². The van der Waals surface area contributed by atoms with Crippen LogP contribution in [-0.2, 0) is 5.41 Å². The monoisotopic (exact) mass is 256 g/mol. The second-order valence-electron chi connectivity index (χ2n) is 6.24. The van der Waals surface area contributed by atoms with E-state index in [9.17, 15) is 0 Å². The largest absolute Gasteiger partial charge is 0.370 e. The third-order valence-electron chi connectivity index (χ3n) is 3.66. The Morgan fingerprint density at radius 1 is 1.16 bits per heavy atom. The number of pyridine rings is 1. The van der Waals surface area contributed by atoms with Crippen LogP contribution in [0.25, 0.3) is 10.9 Å². The summed E-state index contributed by atoms with van der Waals surface area (Å²) >= 11 is 0. The molecule has 0 aliphatic heterocycles. The van der Waals surface area contributed by atoms with Crippen LogP contribution in [0, 0.1) is 13.8 Å². The van der Waals surface area contributed by atoms with Gasteiger partial charge < -0.3 is 5.32 Å². The minimum atomic E-state index is 0.0947. The van der Waals surface area contributed by atoms with E-state index < -0.39 is 0 Å². The van der Waals surface area contributed by atoms with Crippen LogP contribution in [0.4, 0.5) is 5.82 Å². The molecule has 19 heavy (non-hydrogen) atoms. The van der Waals surface area contributed by atoms with Crippen molar-refractivity contribution in [2.45, 2.75) is 47.0 Å². The van der Waals surface area contributed by atoms with Gasteiger partial charge in [-0.2, -0.15) is 0 Å². The van der Waals surface area contributed by atoms with E-state index in [-0.39, 0.29) is 5.41 Å². The van der Waals surface area contributed by atoms with Crippen molar-refractivity contribution in [2.75, 3.05) is 11.9 Å². The molecule has 0 amide bonds. The maximum absolute atomic E-state index is 4.88. The summed E-state index contributed by atoms with van der Waals surface area (Å²) in [5, 5.41) is 4.64. The Labute approximate surface area is 116 Å². The minimum Gasteiger partial charge on any atom is -0.370 e. The molecule has 0 saturated carbocycles. The van der Waals surface area contributed by atoms with Gasteiger partial charge in [0, 0.05) is 17.5 Å². The van der Waals surface area contributed by atoms with E-state index in [4.69, 9.17) is 4.98 Å². The standard InChI is InChI=1S/C17H24N2/c1-7-18-16-14(17(4,5)6)10-13-9-8-11(2)12(3)15(13)19-16/h8-10H,7H2,1-6H3,(H,18,19). The van der Waals surface area contributed by atoms with Gasteiger partial charge in [-0.15, -0.1) is 0 Å². The second kappa shape index (κ2) is 4.84. The molecule has 0 unspecified atom stereocenters. The van der Waals surface area contributed by atoms with Crippen LogP contribution in [0.2, 0.25) is 0 Å². The van der Waals surface area contributed by atoms with Crippen molar-refractivity contribution in [1.82, 2.24) is 4.98 Å². The van der Waals surface area contributed by atoms with Gasteiger partial charge in [0.15, 0.2) is 0 Å². The number of hydrogen-bond acceptors (Lipinski definition) is 2. The van der Waals surface area contributed by atoms with E-state index in [1.807, 2.05) is 0 Å². The molecular formula is C17H24N2. The first kappa shape index (κ1) is 13.9. The van der Waals surface area contributed by atoms with E-state index in [1.165, 1.54) is 22.1 Å². The third kappa shape index (κ3) is 2.58. The Balaban J connectivity index is 2.76. The van der Waals surface area contributed by atoms with Crippen LogP contribution >= 0.6 is 0 Å². The first-order chi connectivity index (χ1) is 8.84. The molecule has 0 bridgehead atoms. The lowest BCUT2D eigenvalue weighted by Gasteiger charge is -2.23. The fourth-order valence-electron chi connectivity index (χ4n) is 2.36. The molecule has 102 valence electrons. The molecule has 0 radical (unpaired) electrons. The van der Waals surface area contributed by atoms with Gasteiger partial charge in [-0.25, -0.2) is 4.98 Å². The average molecular weight is 256 g/mol. The maximum atomic E-state index is 4.88. The van der Waals surface area contributed by atoms with Gasteiger partial charge in [-0.3, -0.25) is 0 Å². The smallest absolute Gasteiger partial charge is 0.130 e.